The average molecular weight is 1400 g/mol. The molecule has 11 aromatic rings. The fraction of sp³-hybridized carbons (Fsp3) is 0.184. The summed E-state index contributed by atoms with van der Waals surface area (Å²) in [6.45, 7) is 7.33. The predicted molar refractivity (Wildman–Crippen MR) is 410 cm³/mol. The van der Waals surface area contributed by atoms with E-state index < -0.39 is 0 Å². The molecule has 103 heavy (non-hydrogen) atoms. The number of aromatic hydroxyl groups is 2. The van der Waals surface area contributed by atoms with E-state index in [1.54, 1.807) is 29.2 Å². The lowest BCUT2D eigenvalue weighted by Crippen LogP contribution is -2.37. The van der Waals surface area contributed by atoms with Crippen molar-refractivity contribution in [2.75, 3.05) is 65.5 Å². The number of ether oxygens (including phenoxy) is 3. The summed E-state index contributed by atoms with van der Waals surface area (Å²) in [4.78, 5) is 45.2. The third kappa shape index (κ3) is 19.5. The maximum atomic E-state index is 12.8. The van der Waals surface area contributed by atoms with Crippen molar-refractivity contribution in [2.45, 2.75) is 58.4 Å². The highest BCUT2D eigenvalue weighted by Gasteiger charge is 2.28. The monoisotopic (exact) mass is 1390 g/mol. The molecule has 0 radical (unpaired) electrons. The van der Waals surface area contributed by atoms with Crippen molar-refractivity contribution in [3.8, 4) is 28.7 Å². The molecule has 16 rings (SSSR count). The van der Waals surface area contributed by atoms with Gasteiger partial charge in [-0.05, 0) is 210 Å². The summed E-state index contributed by atoms with van der Waals surface area (Å²) in [5.74, 6) is 3.05. The van der Waals surface area contributed by atoms with Crippen molar-refractivity contribution in [1.82, 2.24) is 5.32 Å². The Kier molecular flexibility index (Phi) is 25.4. The van der Waals surface area contributed by atoms with Crippen molar-refractivity contribution in [3.05, 3.63) is 352 Å². The van der Waals surface area contributed by atoms with E-state index in [9.17, 15) is 29.0 Å². The van der Waals surface area contributed by atoms with Gasteiger partial charge in [0, 0.05) is 97.4 Å². The van der Waals surface area contributed by atoms with Crippen LogP contribution in [0.3, 0.4) is 0 Å². The molecule has 3 amide bonds. The van der Waals surface area contributed by atoms with Gasteiger partial charge in [0.1, 0.15) is 48.6 Å². The van der Waals surface area contributed by atoms with Crippen LogP contribution in [0.15, 0.2) is 285 Å². The highest BCUT2D eigenvalue weighted by Crippen LogP contribution is 2.32. The third-order valence-corrected chi connectivity index (χ3v) is 18.4. The molecular formula is C87H84ClFN6O8. The first kappa shape index (κ1) is 72.6. The lowest BCUT2D eigenvalue weighted by atomic mass is 9.98. The molecule has 0 fully saturated rings. The summed E-state index contributed by atoms with van der Waals surface area (Å²) < 4.78 is 29.8. The van der Waals surface area contributed by atoms with Gasteiger partial charge in [-0.1, -0.05) is 146 Å². The van der Waals surface area contributed by atoms with E-state index in [0.29, 0.717) is 56.1 Å². The number of hydrogen-bond donors (Lipinski definition) is 4. The van der Waals surface area contributed by atoms with E-state index in [2.05, 4.69) is 75.8 Å². The van der Waals surface area contributed by atoms with E-state index in [4.69, 9.17) is 19.9 Å². The average Bonchev–Trinajstić information content (AvgIpc) is 0.804. The molecule has 524 valence electrons. The summed E-state index contributed by atoms with van der Waals surface area (Å²) in [6.07, 6.45) is 4.96. The third-order valence-electron chi connectivity index (χ3n) is 18.4. The Labute approximate surface area is 608 Å². The van der Waals surface area contributed by atoms with Crippen molar-refractivity contribution in [3.63, 3.8) is 0 Å². The molecule has 11 aromatic carbocycles. The Morgan fingerprint density at radius 1 is 0.408 bits per heavy atom. The van der Waals surface area contributed by atoms with Crippen LogP contribution in [0, 0.1) is 0 Å². The Bertz CT molecular complexity index is 4640. The highest BCUT2D eigenvalue weighted by molar-refractivity contribution is 6.09. The minimum absolute atomic E-state index is 0. The standard InChI is InChI=1S/C22H19NO2.C19H21FN2O.C16H15NO2.C15H13NO2.C15H15NO.ClH/c24-22-21-12-11-20(25-16-17-7-3-1-4-8-17)15-18(21)13-14-23(22)19-9-5-2-6-10-19;20-11-15(12-21)14-23-19-7-6-17-13-22(9-8-16(17)10-19)18-4-2-1-3-5-18;18-16-15-7-6-14(10-13(15)8-9-17-16)19-11-12-4-2-1-3-5-12;17-13-6-7-14-11(10-13)8-9-16(15(14)18)12-4-2-1-3-5-12;17-15-7-6-13-11-16(9-8-12(13)10-15)14-4-2-1-3-5-14;/h1-12,15H,13-14,16H2;1-7,10-11H,8-9,12-14,21H2;1-7,10H,8-9,11H2,(H,17,18);1-7,10,17H,8-9H2;1-7,10,17H,8-9,11H2;1H/b;15-11+;;;;. The van der Waals surface area contributed by atoms with Gasteiger partial charge in [0.05, 0.1) is 6.33 Å². The molecule has 5 aliphatic rings. The summed E-state index contributed by atoms with van der Waals surface area (Å²) in [7, 11) is 0. The number of fused-ring (bicyclic) bond motifs is 5. The van der Waals surface area contributed by atoms with Gasteiger partial charge in [-0.3, -0.25) is 14.4 Å². The van der Waals surface area contributed by atoms with Crippen LogP contribution in [-0.4, -0.2) is 73.8 Å². The molecule has 0 saturated carbocycles. The second kappa shape index (κ2) is 36.1. The van der Waals surface area contributed by atoms with Gasteiger partial charge in [-0.25, -0.2) is 4.39 Å². The zero-order valence-corrected chi connectivity index (χ0v) is 58.2. The van der Waals surface area contributed by atoms with Gasteiger partial charge < -0.3 is 55.1 Å². The van der Waals surface area contributed by atoms with Crippen LogP contribution in [-0.2, 0) is 58.4 Å². The number of phenols is 2. The maximum Gasteiger partial charge on any atom is 0.258 e. The van der Waals surface area contributed by atoms with Crippen LogP contribution in [0.2, 0.25) is 0 Å². The van der Waals surface area contributed by atoms with Gasteiger partial charge >= 0.3 is 0 Å². The first-order valence-corrected chi connectivity index (χ1v) is 34.6. The number of benzene rings is 11. The van der Waals surface area contributed by atoms with E-state index in [1.807, 2.05) is 193 Å². The molecule has 5 aliphatic heterocycles. The Morgan fingerprint density at radius 3 is 1.26 bits per heavy atom. The number of nitrogens with one attached hydrogen (secondary N) is 1. The number of nitrogens with zero attached hydrogens (tertiary/aromatic N) is 4. The molecule has 0 aromatic heterocycles. The summed E-state index contributed by atoms with van der Waals surface area (Å²) >= 11 is 0. The van der Waals surface area contributed by atoms with E-state index >= 15 is 0 Å². The quantitative estimate of drug-likeness (QED) is 0.0817. The molecule has 0 bridgehead atoms. The molecule has 0 saturated heterocycles. The number of nitrogens with two attached hydrogens (primary N) is 1. The number of carbonyl (C=O) groups excluding carboxylic acids is 3. The molecule has 0 spiro atoms. The van der Waals surface area contributed by atoms with Crippen molar-refractivity contribution < 1.29 is 43.2 Å². The first-order chi connectivity index (χ1) is 50.0. The number of amides is 3. The van der Waals surface area contributed by atoms with Crippen molar-refractivity contribution in [2.24, 2.45) is 5.73 Å². The van der Waals surface area contributed by atoms with Gasteiger partial charge in [0.25, 0.3) is 17.7 Å². The van der Waals surface area contributed by atoms with Gasteiger partial charge in [-0.15, -0.1) is 12.4 Å². The smallest absolute Gasteiger partial charge is 0.258 e. The Morgan fingerprint density at radius 2 is 0.777 bits per heavy atom. The molecule has 0 atom stereocenters. The van der Waals surface area contributed by atoms with E-state index in [-0.39, 0.29) is 49.0 Å². The normalized spacial score (nSPS) is 13.9. The van der Waals surface area contributed by atoms with Crippen LogP contribution in [0.5, 0.6) is 28.7 Å². The fourth-order valence-corrected chi connectivity index (χ4v) is 12.9. The Balaban J connectivity index is 0.000000130. The highest BCUT2D eigenvalue weighted by atomic mass is 35.5. The number of hydrogen-bond acceptors (Lipinski definition) is 11. The molecule has 5 heterocycles. The second-order valence-electron chi connectivity index (χ2n) is 25.3. The van der Waals surface area contributed by atoms with E-state index in [1.165, 1.54) is 33.6 Å². The zero-order valence-electron chi connectivity index (χ0n) is 57.4. The van der Waals surface area contributed by atoms with Crippen LogP contribution in [0.25, 0.3) is 0 Å². The zero-order chi connectivity index (χ0) is 70.4. The van der Waals surface area contributed by atoms with Crippen molar-refractivity contribution in [1.29, 1.82) is 0 Å². The van der Waals surface area contributed by atoms with Gasteiger partial charge in [-0.2, -0.15) is 0 Å². The van der Waals surface area contributed by atoms with Crippen LogP contribution < -0.4 is 44.9 Å². The SMILES string of the molecule is Cl.NC/C(=C\F)COc1ccc2c(c1)CCN(c1ccccc1)C2.O=C1NCCc2cc(OCc3ccccc3)ccc21.O=C1c2ccc(O)cc2CCN1c1ccccc1.O=C1c2ccc(OCc3ccccc3)cc2CCN1c1ccccc1.Oc1ccc2c(c1)CCN(c1ccccc1)C2. The lowest BCUT2D eigenvalue weighted by molar-refractivity contribution is 0.0943. The number of halogens is 2. The molecular weight excluding hydrogens is 1310 g/mol. The summed E-state index contributed by atoms with van der Waals surface area (Å²) in [5.41, 5.74) is 23.0. The molecule has 0 aliphatic carbocycles. The molecule has 0 unspecified atom stereocenters. The minimum Gasteiger partial charge on any atom is -0.508 e. The fourth-order valence-electron chi connectivity index (χ4n) is 12.9. The van der Waals surface area contributed by atoms with Gasteiger partial charge in [0.2, 0.25) is 0 Å². The molecule has 14 nitrogen and oxygen atoms in total. The summed E-state index contributed by atoms with van der Waals surface area (Å²) in [5, 5.41) is 21.7. The van der Waals surface area contributed by atoms with Crippen LogP contribution in [0.1, 0.15) is 81.1 Å². The number of phenolic OH excluding ortho intramolecular Hbond substituents is 2. The number of para-hydroxylation sites is 4. The first-order valence-electron chi connectivity index (χ1n) is 34.6. The molecule has 5 N–H and O–H groups in total. The largest absolute Gasteiger partial charge is 0.508 e. The van der Waals surface area contributed by atoms with Crippen molar-refractivity contribution >= 4 is 52.9 Å². The van der Waals surface area contributed by atoms with Crippen LogP contribution in [0.4, 0.5) is 27.1 Å². The predicted octanol–water partition coefficient (Wildman–Crippen LogP) is 16.4. The number of anilines is 4. The van der Waals surface area contributed by atoms with E-state index in [0.717, 1.165) is 126 Å². The molecule has 16 heteroatoms. The van der Waals surface area contributed by atoms with Gasteiger partial charge in [0.15, 0.2) is 0 Å². The summed E-state index contributed by atoms with van der Waals surface area (Å²) in [6, 6.07) is 88.7. The number of rotatable bonds is 14. The topological polar surface area (TPSA) is 170 Å². The second-order valence-corrected chi connectivity index (χ2v) is 25.3. The maximum absolute atomic E-state index is 12.8. The minimum atomic E-state index is 0. The Hall–Kier alpha value is -11.7. The van der Waals surface area contributed by atoms with Crippen LogP contribution >= 0.6 is 12.4 Å². The lowest BCUT2D eigenvalue weighted by Gasteiger charge is -2.31. The number of carbonyl (C=O) groups is 3.